The SMILES string of the molecule is CC1Cc2cc(Br)ccc2N1C(=O)OC(C)(C)C.CC1Cc2ccccc2N1C(=O)OC(C)(C)C.O=C1CCC(=O)N1Br.O=C=O.O=C=O. The van der Waals surface area contributed by atoms with Crippen molar-refractivity contribution in [3.05, 3.63) is 58.1 Å². The van der Waals surface area contributed by atoms with Gasteiger partial charge in [0.1, 0.15) is 11.2 Å². The predicted molar refractivity (Wildman–Crippen MR) is 184 cm³/mol. The number of hydrogen-bond acceptors (Lipinski definition) is 10. The molecule has 15 heteroatoms. The molecule has 0 radical (unpaired) electrons. The van der Waals surface area contributed by atoms with Crippen molar-refractivity contribution < 1.29 is 47.8 Å². The van der Waals surface area contributed by atoms with Crippen molar-refractivity contribution in [2.45, 2.75) is 104 Å². The number of imide groups is 1. The average Bonchev–Trinajstić information content (AvgIpc) is 3.59. The Morgan fingerprint density at radius 1 is 0.714 bits per heavy atom. The molecule has 3 heterocycles. The van der Waals surface area contributed by atoms with E-state index in [1.165, 1.54) is 11.1 Å². The first kappa shape index (κ1) is 42.9. The van der Waals surface area contributed by atoms with Crippen molar-refractivity contribution in [1.82, 2.24) is 3.93 Å². The van der Waals surface area contributed by atoms with E-state index in [1.54, 1.807) is 9.80 Å². The van der Waals surface area contributed by atoms with Crippen LogP contribution in [0.4, 0.5) is 21.0 Å². The monoisotopic (exact) mass is 809 g/mol. The summed E-state index contributed by atoms with van der Waals surface area (Å²) in [4.78, 5) is 81.2. The minimum absolute atomic E-state index is 0.143. The lowest BCUT2D eigenvalue weighted by atomic mass is 10.1. The van der Waals surface area contributed by atoms with Gasteiger partial charge in [-0.2, -0.15) is 19.2 Å². The van der Waals surface area contributed by atoms with E-state index in [-0.39, 0.29) is 48.4 Å². The van der Waals surface area contributed by atoms with E-state index < -0.39 is 11.2 Å². The van der Waals surface area contributed by atoms with Crippen LogP contribution in [-0.4, -0.2) is 63.5 Å². The quantitative estimate of drug-likeness (QED) is 0.205. The fraction of sp³-hybridized carbons (Fsp3) is 0.471. The normalized spacial score (nSPS) is 17.1. The first-order valence-electron chi connectivity index (χ1n) is 15.1. The molecule has 1 fully saturated rings. The Morgan fingerprint density at radius 2 is 1.10 bits per heavy atom. The number of carbonyl (C=O) groups excluding carboxylic acids is 8. The van der Waals surface area contributed by atoms with Crippen LogP contribution in [-0.2, 0) is 51.1 Å². The Bertz CT molecular complexity index is 1530. The van der Waals surface area contributed by atoms with Crippen LogP contribution in [0.2, 0.25) is 0 Å². The number of carbonyl (C=O) groups is 4. The van der Waals surface area contributed by atoms with Gasteiger partial charge >= 0.3 is 24.5 Å². The fourth-order valence-electron chi connectivity index (χ4n) is 4.89. The fourth-order valence-corrected chi connectivity index (χ4v) is 5.66. The molecule has 0 N–H and O–H groups in total. The molecule has 2 aromatic carbocycles. The van der Waals surface area contributed by atoms with Gasteiger partial charge in [-0.1, -0.05) is 34.1 Å². The zero-order valence-electron chi connectivity index (χ0n) is 28.7. The summed E-state index contributed by atoms with van der Waals surface area (Å²) < 4.78 is 12.9. The Morgan fingerprint density at radius 3 is 1.49 bits per heavy atom. The molecule has 0 aromatic heterocycles. The Hall–Kier alpha value is -4.16. The maximum absolute atomic E-state index is 12.2. The summed E-state index contributed by atoms with van der Waals surface area (Å²) in [6.07, 6.45) is 2.45. The molecule has 1 saturated heterocycles. The maximum Gasteiger partial charge on any atom is 0.415 e. The van der Waals surface area contributed by atoms with Gasteiger partial charge in [-0.05, 0) is 104 Å². The van der Waals surface area contributed by atoms with Crippen molar-refractivity contribution >= 4 is 79.8 Å². The van der Waals surface area contributed by atoms with Gasteiger partial charge in [0.15, 0.2) is 0 Å². The van der Waals surface area contributed by atoms with Gasteiger partial charge in [-0.3, -0.25) is 19.4 Å². The first-order chi connectivity index (χ1) is 22.7. The Kier molecular flexibility index (Phi) is 16.7. The summed E-state index contributed by atoms with van der Waals surface area (Å²) in [6, 6.07) is 14.3. The van der Waals surface area contributed by atoms with E-state index in [2.05, 4.69) is 44.2 Å². The number of halogens is 2. The van der Waals surface area contributed by atoms with Crippen molar-refractivity contribution in [2.24, 2.45) is 0 Å². The second-order valence-electron chi connectivity index (χ2n) is 12.9. The summed E-state index contributed by atoms with van der Waals surface area (Å²) in [5.74, 6) is -0.287. The number of benzene rings is 2. The summed E-state index contributed by atoms with van der Waals surface area (Å²) in [6.45, 7) is 15.4. The third kappa shape index (κ3) is 13.7. The lowest BCUT2D eigenvalue weighted by Crippen LogP contribution is -2.40. The number of fused-ring (bicyclic) bond motifs is 2. The van der Waals surface area contributed by atoms with Gasteiger partial charge in [0, 0.05) is 29.4 Å². The van der Waals surface area contributed by atoms with Gasteiger partial charge in [0.25, 0.3) is 0 Å². The molecule has 2 unspecified atom stereocenters. The van der Waals surface area contributed by atoms with Gasteiger partial charge in [-0.15, -0.1) is 0 Å². The molecule has 266 valence electrons. The van der Waals surface area contributed by atoms with Crippen LogP contribution in [0.1, 0.15) is 79.4 Å². The molecule has 3 aliphatic rings. The minimum atomic E-state index is -0.463. The number of rotatable bonds is 0. The average molecular weight is 812 g/mol. The Balaban J connectivity index is 0.000000357. The summed E-state index contributed by atoms with van der Waals surface area (Å²) in [5, 5.41) is 0. The minimum Gasteiger partial charge on any atom is -0.443 e. The highest BCUT2D eigenvalue weighted by Gasteiger charge is 2.35. The number of ether oxygens (including phenoxy) is 2. The van der Waals surface area contributed by atoms with Gasteiger partial charge in [-0.25, -0.2) is 13.5 Å². The van der Waals surface area contributed by atoms with Crippen LogP contribution in [0.15, 0.2) is 46.9 Å². The van der Waals surface area contributed by atoms with Crippen molar-refractivity contribution in [3.8, 4) is 0 Å². The number of hydrogen-bond donors (Lipinski definition) is 0. The lowest BCUT2D eigenvalue weighted by molar-refractivity contribution is -0.193. The van der Waals surface area contributed by atoms with E-state index in [9.17, 15) is 19.2 Å². The standard InChI is InChI=1S/C14H18BrNO2.C14H19NO2.C4H4BrNO2.2CO2/c1-9-7-10-8-11(15)5-6-12(10)16(9)13(17)18-14(2,3)4;1-10-9-11-7-5-6-8-12(11)15(10)13(16)17-14(2,3)4;5-6-3(7)1-2-4(6)8;2*2-1-3/h5-6,8-9H,7H2,1-4H3;5-8,10H,9H2,1-4H3;1-2H2;;. The van der Waals surface area contributed by atoms with Crippen LogP contribution < -0.4 is 9.80 Å². The highest BCUT2D eigenvalue weighted by molar-refractivity contribution is 9.10. The Labute approximate surface area is 302 Å². The van der Waals surface area contributed by atoms with Crippen molar-refractivity contribution in [2.75, 3.05) is 9.80 Å². The van der Waals surface area contributed by atoms with E-state index in [1.807, 2.05) is 85.7 Å². The second kappa shape index (κ2) is 19.1. The first-order valence-corrected chi connectivity index (χ1v) is 16.6. The smallest absolute Gasteiger partial charge is 0.415 e. The van der Waals surface area contributed by atoms with Crippen LogP contribution in [0.25, 0.3) is 0 Å². The molecule has 5 rings (SSSR count). The molecular formula is C34H41Br2N3O10. The van der Waals surface area contributed by atoms with Crippen molar-refractivity contribution in [1.29, 1.82) is 0 Å². The molecule has 0 bridgehead atoms. The molecule has 13 nitrogen and oxygen atoms in total. The maximum atomic E-state index is 12.2. The van der Waals surface area contributed by atoms with E-state index in [0.29, 0.717) is 12.8 Å². The third-order valence-corrected chi connectivity index (χ3v) is 7.92. The van der Waals surface area contributed by atoms with Crippen LogP contribution in [0.3, 0.4) is 0 Å². The highest BCUT2D eigenvalue weighted by atomic mass is 79.9. The zero-order valence-corrected chi connectivity index (χ0v) is 31.9. The molecule has 0 saturated carbocycles. The molecule has 49 heavy (non-hydrogen) atoms. The molecule has 2 aromatic rings. The van der Waals surface area contributed by atoms with Gasteiger partial charge in [0.05, 0.1) is 27.5 Å². The highest BCUT2D eigenvalue weighted by Crippen LogP contribution is 2.35. The molecule has 3 aliphatic heterocycles. The molecule has 2 atom stereocenters. The zero-order chi connectivity index (χ0) is 37.7. The molecule has 0 spiro atoms. The van der Waals surface area contributed by atoms with Gasteiger partial charge in [0.2, 0.25) is 11.8 Å². The van der Waals surface area contributed by atoms with Crippen LogP contribution in [0.5, 0.6) is 0 Å². The second-order valence-corrected chi connectivity index (χ2v) is 14.6. The van der Waals surface area contributed by atoms with Crippen LogP contribution in [0, 0.1) is 0 Å². The number of anilines is 2. The van der Waals surface area contributed by atoms with E-state index in [4.69, 9.17) is 28.7 Å². The summed E-state index contributed by atoms with van der Waals surface area (Å²) in [7, 11) is 0. The van der Waals surface area contributed by atoms with E-state index in [0.717, 1.165) is 32.6 Å². The third-order valence-electron chi connectivity index (χ3n) is 6.64. The molecule has 0 aliphatic carbocycles. The summed E-state index contributed by atoms with van der Waals surface area (Å²) in [5.41, 5.74) is 3.42. The lowest BCUT2D eigenvalue weighted by Gasteiger charge is -2.27. The number of nitrogens with zero attached hydrogens (tertiary/aromatic N) is 3. The largest absolute Gasteiger partial charge is 0.443 e. The van der Waals surface area contributed by atoms with Gasteiger partial charge < -0.3 is 9.47 Å². The predicted octanol–water partition coefficient (Wildman–Crippen LogP) is 6.79. The molecule has 4 amide bonds. The topological polar surface area (TPSA) is 165 Å². The summed E-state index contributed by atoms with van der Waals surface area (Å²) >= 11 is 6.26. The van der Waals surface area contributed by atoms with Crippen LogP contribution >= 0.6 is 32.1 Å². The van der Waals surface area contributed by atoms with E-state index >= 15 is 0 Å². The van der Waals surface area contributed by atoms with Crippen molar-refractivity contribution in [3.63, 3.8) is 0 Å². The number of para-hydroxylation sites is 1. The number of amides is 4. The molecular weight excluding hydrogens is 770 g/mol.